The van der Waals surface area contributed by atoms with E-state index in [4.69, 9.17) is 14.5 Å². The number of nitrogens with zero attached hydrogens (tertiary/aromatic N) is 2. The van der Waals surface area contributed by atoms with Crippen LogP contribution in [0, 0.1) is 16.2 Å². The van der Waals surface area contributed by atoms with E-state index in [0.29, 0.717) is 60.0 Å². The Kier molecular flexibility index (Phi) is 10.9. The highest BCUT2D eigenvalue weighted by atomic mass is 16.5. The van der Waals surface area contributed by atoms with Crippen molar-refractivity contribution in [3.8, 4) is 45.1 Å². The second kappa shape index (κ2) is 16.1. The summed E-state index contributed by atoms with van der Waals surface area (Å²) in [5.41, 5.74) is 4.71. The van der Waals surface area contributed by atoms with Crippen LogP contribution in [0.5, 0.6) is 11.5 Å². The fourth-order valence-corrected chi connectivity index (χ4v) is 8.12. The number of hydrogen-bond donors (Lipinski definition) is 6. The largest absolute Gasteiger partial charge is 0.496 e. The minimum atomic E-state index is -0.991. The number of carbonyl (C=O) groups excluding carboxylic acids is 2. The molecule has 0 spiro atoms. The number of hydrogen-bond acceptors (Lipinski definition) is 8. The monoisotopic (exact) mass is 808 g/mol. The number of nitrogens with one attached hydrogen (secondary N) is 4. The van der Waals surface area contributed by atoms with Gasteiger partial charge < -0.3 is 40.3 Å². The molecule has 6 aromatic rings. The van der Waals surface area contributed by atoms with Crippen LogP contribution in [0.2, 0.25) is 0 Å². The van der Waals surface area contributed by atoms with Crippen molar-refractivity contribution in [3.63, 3.8) is 0 Å². The van der Waals surface area contributed by atoms with E-state index in [0.717, 1.165) is 33.6 Å². The Morgan fingerprint density at radius 1 is 0.667 bits per heavy atom. The fraction of sp³-hybridized carbons (Fsp3) is 0.333. The van der Waals surface area contributed by atoms with Crippen LogP contribution in [0.3, 0.4) is 0 Å². The smallest absolute Gasteiger partial charge is 0.229 e. The Morgan fingerprint density at radius 3 is 1.60 bits per heavy atom. The predicted molar refractivity (Wildman–Crippen MR) is 228 cm³/mol. The summed E-state index contributed by atoms with van der Waals surface area (Å²) < 4.78 is 10.9. The molecule has 0 saturated heterocycles. The molecule has 2 aliphatic carbocycles. The average molecular weight is 809 g/mol. The lowest BCUT2D eigenvalue weighted by atomic mass is 9.84. The summed E-state index contributed by atoms with van der Waals surface area (Å²) in [5.74, 6) is 1.99. The Morgan fingerprint density at radius 2 is 1.12 bits per heavy atom. The van der Waals surface area contributed by atoms with Crippen molar-refractivity contribution < 1.29 is 29.3 Å². The molecule has 8 rings (SSSR count). The molecule has 4 aromatic carbocycles. The van der Waals surface area contributed by atoms with Gasteiger partial charge in [-0.15, -0.1) is 0 Å². The van der Waals surface area contributed by atoms with E-state index in [1.807, 2.05) is 54.6 Å². The Labute approximate surface area is 349 Å². The maximum Gasteiger partial charge on any atom is 0.229 e. The van der Waals surface area contributed by atoms with Gasteiger partial charge in [-0.1, -0.05) is 106 Å². The number of methoxy groups -OCH3 is 2. The minimum absolute atomic E-state index is 0.199. The van der Waals surface area contributed by atoms with Crippen LogP contribution in [-0.2, 0) is 16.1 Å². The van der Waals surface area contributed by atoms with E-state index in [9.17, 15) is 19.8 Å². The van der Waals surface area contributed by atoms with E-state index in [1.165, 1.54) is 0 Å². The third-order valence-corrected chi connectivity index (χ3v) is 12.2. The van der Waals surface area contributed by atoms with Gasteiger partial charge in [0.15, 0.2) is 0 Å². The molecule has 310 valence electrons. The van der Waals surface area contributed by atoms with Crippen molar-refractivity contribution >= 4 is 11.8 Å². The van der Waals surface area contributed by atoms with Crippen molar-refractivity contribution in [2.45, 2.75) is 71.2 Å². The zero-order valence-corrected chi connectivity index (χ0v) is 34.6. The van der Waals surface area contributed by atoms with Crippen LogP contribution in [0.25, 0.3) is 33.6 Å². The summed E-state index contributed by atoms with van der Waals surface area (Å²) >= 11 is 0. The second-order valence-electron chi connectivity index (χ2n) is 17.1. The highest BCUT2D eigenvalue weighted by Gasteiger charge is 2.58. The van der Waals surface area contributed by atoms with Gasteiger partial charge in [0, 0.05) is 11.1 Å². The standard InChI is InChI=1S/C48H52N6O6/c1-46(2,3)40(54-45(58)48(24-25-48)42(56)34-11-7-9-13-38(34)60-5)43-50-27-36(53-43)32-20-16-30(17-21-32)29-14-18-31(19-15-29)35-26-49-39(52-35)28-51-44(57)47(22-23-47)41(55)33-10-6-8-12-37(33)59-4/h6-21,26-27,40-42,55-56H,22-25,28H2,1-5H3,(H,49,52)(H,50,53)(H,51,57)(H,54,58). The van der Waals surface area contributed by atoms with Crippen molar-refractivity contribution in [1.29, 1.82) is 0 Å². The van der Waals surface area contributed by atoms with Gasteiger partial charge in [-0.05, 0) is 65.5 Å². The van der Waals surface area contributed by atoms with Crippen LogP contribution >= 0.6 is 0 Å². The molecule has 12 nitrogen and oxygen atoms in total. The van der Waals surface area contributed by atoms with Gasteiger partial charge in [0.1, 0.15) is 23.1 Å². The molecule has 2 heterocycles. The fourth-order valence-electron chi connectivity index (χ4n) is 8.12. The topological polar surface area (TPSA) is 174 Å². The first-order chi connectivity index (χ1) is 28.9. The maximum atomic E-state index is 13.9. The van der Waals surface area contributed by atoms with E-state index in [1.54, 1.807) is 44.8 Å². The summed E-state index contributed by atoms with van der Waals surface area (Å²) in [6.07, 6.45) is 3.95. The van der Waals surface area contributed by atoms with E-state index in [2.05, 4.69) is 70.6 Å². The molecule has 60 heavy (non-hydrogen) atoms. The summed E-state index contributed by atoms with van der Waals surface area (Å²) in [5, 5.41) is 28.8. The molecule has 2 saturated carbocycles. The number of benzene rings is 4. The van der Waals surface area contributed by atoms with Gasteiger partial charge >= 0.3 is 0 Å². The van der Waals surface area contributed by atoms with Gasteiger partial charge in [0.05, 0.1) is 73.6 Å². The van der Waals surface area contributed by atoms with Gasteiger partial charge in [0.2, 0.25) is 11.8 Å². The average Bonchev–Trinajstić information content (AvgIpc) is 4.16. The lowest BCUT2D eigenvalue weighted by Gasteiger charge is -2.32. The van der Waals surface area contributed by atoms with Crippen LogP contribution in [-0.4, -0.2) is 56.2 Å². The summed E-state index contributed by atoms with van der Waals surface area (Å²) in [6, 6.07) is 30.5. The number of amides is 2. The number of aromatic amines is 2. The van der Waals surface area contributed by atoms with Crippen LogP contribution in [0.4, 0.5) is 0 Å². The molecule has 0 radical (unpaired) electrons. The predicted octanol–water partition coefficient (Wildman–Crippen LogP) is 8.00. The first-order valence-corrected chi connectivity index (χ1v) is 20.4. The van der Waals surface area contributed by atoms with Gasteiger partial charge in [-0.25, -0.2) is 9.97 Å². The minimum Gasteiger partial charge on any atom is -0.496 e. The lowest BCUT2D eigenvalue weighted by Crippen LogP contribution is -2.43. The highest BCUT2D eigenvalue weighted by Crippen LogP contribution is 2.57. The van der Waals surface area contributed by atoms with Crippen LogP contribution < -0.4 is 20.1 Å². The van der Waals surface area contributed by atoms with Crippen molar-refractivity contribution in [3.05, 3.63) is 132 Å². The molecule has 12 heteroatoms. The molecular formula is C48H52N6O6. The highest BCUT2D eigenvalue weighted by molar-refractivity contribution is 5.87. The van der Waals surface area contributed by atoms with Gasteiger partial charge in [-0.2, -0.15) is 0 Å². The first-order valence-electron chi connectivity index (χ1n) is 20.4. The number of H-pyrrole nitrogens is 2. The number of aromatic nitrogens is 4. The number of para-hydroxylation sites is 2. The van der Waals surface area contributed by atoms with Gasteiger partial charge in [-0.3, -0.25) is 9.59 Å². The quantitative estimate of drug-likeness (QED) is 0.0605. The number of aliphatic hydroxyl groups is 2. The molecule has 2 aromatic heterocycles. The lowest BCUT2D eigenvalue weighted by molar-refractivity contribution is -0.133. The van der Waals surface area contributed by atoms with Crippen molar-refractivity contribution in [2.24, 2.45) is 16.2 Å². The number of aliphatic hydroxyl groups excluding tert-OH is 2. The Hall–Kier alpha value is -6.24. The summed E-state index contributed by atoms with van der Waals surface area (Å²) in [6.45, 7) is 6.39. The number of rotatable bonds is 15. The van der Waals surface area contributed by atoms with Crippen LogP contribution in [0.15, 0.2) is 109 Å². The molecule has 6 N–H and O–H groups in total. The molecule has 2 fully saturated rings. The molecular weight excluding hydrogens is 757 g/mol. The van der Waals surface area contributed by atoms with Gasteiger partial charge in [0.25, 0.3) is 0 Å². The molecule has 0 aliphatic heterocycles. The Balaban J connectivity index is 0.892. The molecule has 3 atom stereocenters. The molecule has 3 unspecified atom stereocenters. The number of imidazole rings is 2. The second-order valence-corrected chi connectivity index (χ2v) is 17.1. The van der Waals surface area contributed by atoms with Crippen molar-refractivity contribution in [1.82, 2.24) is 30.6 Å². The first kappa shape index (κ1) is 40.5. The maximum absolute atomic E-state index is 13.9. The van der Waals surface area contributed by atoms with E-state index in [-0.39, 0.29) is 23.8 Å². The molecule has 2 aliphatic rings. The zero-order chi connectivity index (χ0) is 42.2. The Bertz CT molecular complexity index is 2480. The molecule has 2 amide bonds. The summed E-state index contributed by atoms with van der Waals surface area (Å²) in [4.78, 5) is 43.2. The summed E-state index contributed by atoms with van der Waals surface area (Å²) in [7, 11) is 3.12. The third kappa shape index (κ3) is 7.80. The number of ether oxygens (including phenoxy) is 2. The van der Waals surface area contributed by atoms with Crippen molar-refractivity contribution in [2.75, 3.05) is 14.2 Å². The number of carbonyl (C=O) groups is 2. The van der Waals surface area contributed by atoms with Crippen LogP contribution in [0.1, 0.15) is 87.5 Å². The van der Waals surface area contributed by atoms with E-state index < -0.39 is 29.1 Å². The zero-order valence-electron chi connectivity index (χ0n) is 34.6. The third-order valence-electron chi connectivity index (χ3n) is 12.2. The van der Waals surface area contributed by atoms with E-state index >= 15 is 0 Å². The SMILES string of the molecule is COc1ccccc1C(O)C1(C(=O)NCc2ncc(-c3ccc(-c4ccc(-c5cnc(C(NC(=O)C6(C(O)c7ccccc7OC)CC6)C(C)(C)C)[nH]5)cc4)cc3)[nH]2)CC1. The molecule has 0 bridgehead atoms. The normalized spacial score (nSPS) is 16.6.